The Morgan fingerprint density at radius 3 is 2.42 bits per heavy atom. The number of ether oxygens (including phenoxy) is 1. The predicted molar refractivity (Wildman–Crippen MR) is 64.1 cm³/mol. The van der Waals surface area contributed by atoms with E-state index in [4.69, 9.17) is 4.74 Å². The largest absolute Gasteiger partial charge is 1.00 e. The summed E-state index contributed by atoms with van der Waals surface area (Å²) in [4.78, 5) is 13.1. The van der Waals surface area contributed by atoms with Crippen LogP contribution in [0.25, 0.3) is 0 Å². The van der Waals surface area contributed by atoms with E-state index in [1.54, 1.807) is 20.8 Å². The first-order valence-corrected chi connectivity index (χ1v) is 5.94. The summed E-state index contributed by atoms with van der Waals surface area (Å²) in [6, 6.07) is 0. The molecular formula is C11H18BF3KNO2. The molecule has 1 fully saturated rings. The molecule has 0 aromatic carbocycles. The van der Waals surface area contributed by atoms with Crippen molar-refractivity contribution in [3.8, 4) is 0 Å². The van der Waals surface area contributed by atoms with E-state index in [0.717, 1.165) is 6.08 Å². The fraction of sp³-hybridized carbons (Fsp3) is 0.727. The molecule has 0 saturated carbocycles. The smallest absolute Gasteiger partial charge is 0.445 e. The van der Waals surface area contributed by atoms with Crippen LogP contribution in [0.3, 0.4) is 0 Å². The van der Waals surface area contributed by atoms with Crippen LogP contribution in [0, 0.1) is 5.92 Å². The maximum atomic E-state index is 12.1. The number of rotatable bonds is 2. The van der Waals surface area contributed by atoms with Crippen LogP contribution in [0.2, 0.25) is 0 Å². The Labute approximate surface area is 154 Å². The molecule has 1 saturated heterocycles. The van der Waals surface area contributed by atoms with Gasteiger partial charge in [0, 0.05) is 13.1 Å². The van der Waals surface area contributed by atoms with Gasteiger partial charge in [0.2, 0.25) is 0 Å². The Hall–Kier alpha value is 0.501. The van der Waals surface area contributed by atoms with Crippen LogP contribution in [-0.4, -0.2) is 36.7 Å². The van der Waals surface area contributed by atoms with Crippen LogP contribution in [0.15, 0.2) is 12.1 Å². The number of carbonyl (C=O) groups excluding carboxylic acids is 1. The van der Waals surface area contributed by atoms with Crippen LogP contribution >= 0.6 is 0 Å². The van der Waals surface area contributed by atoms with Gasteiger partial charge < -0.3 is 22.6 Å². The summed E-state index contributed by atoms with van der Waals surface area (Å²) in [5, 5.41) is 0. The summed E-state index contributed by atoms with van der Waals surface area (Å²) in [5.41, 5.74) is -0.583. The first kappa shape index (κ1) is 19.5. The Kier molecular flexibility index (Phi) is 7.69. The SMILES string of the molecule is CC(C)(C)OC(=O)N1CCC(/C=C/[B-](F)(F)F)C1.[K+]. The maximum absolute atomic E-state index is 12.1. The molecule has 1 rings (SSSR count). The number of amides is 1. The van der Waals surface area contributed by atoms with Gasteiger partial charge in [-0.15, -0.1) is 12.1 Å². The van der Waals surface area contributed by atoms with Crippen molar-refractivity contribution < 1.29 is 73.9 Å². The summed E-state index contributed by atoms with van der Waals surface area (Å²) in [7, 11) is 0. The van der Waals surface area contributed by atoms with E-state index in [2.05, 4.69) is 0 Å². The Balaban J connectivity index is 0.00000324. The van der Waals surface area contributed by atoms with Crippen molar-refractivity contribution in [1.29, 1.82) is 0 Å². The molecule has 0 radical (unpaired) electrons. The van der Waals surface area contributed by atoms with Gasteiger partial charge in [-0.05, 0) is 33.1 Å². The minimum atomic E-state index is -4.89. The van der Waals surface area contributed by atoms with Gasteiger partial charge in [-0.25, -0.2) is 4.79 Å². The van der Waals surface area contributed by atoms with Gasteiger partial charge in [0.1, 0.15) is 5.60 Å². The van der Waals surface area contributed by atoms with Gasteiger partial charge in [-0.2, -0.15) is 0 Å². The van der Waals surface area contributed by atoms with E-state index in [0.29, 0.717) is 18.9 Å². The third kappa shape index (κ3) is 8.39. The molecule has 104 valence electrons. The summed E-state index contributed by atoms with van der Waals surface area (Å²) >= 11 is 0. The molecular weight excluding hydrogens is 285 g/mol. The molecule has 1 aliphatic heterocycles. The fourth-order valence-electron chi connectivity index (χ4n) is 1.72. The molecule has 1 heterocycles. The van der Waals surface area contributed by atoms with Crippen molar-refractivity contribution in [2.45, 2.75) is 32.8 Å². The monoisotopic (exact) mass is 303 g/mol. The van der Waals surface area contributed by atoms with Crippen molar-refractivity contribution in [2.75, 3.05) is 13.1 Å². The summed E-state index contributed by atoms with van der Waals surface area (Å²) < 4.78 is 41.3. The van der Waals surface area contributed by atoms with Gasteiger partial charge in [0.15, 0.2) is 0 Å². The molecule has 1 unspecified atom stereocenters. The van der Waals surface area contributed by atoms with E-state index >= 15 is 0 Å². The van der Waals surface area contributed by atoms with Crippen LogP contribution < -0.4 is 51.4 Å². The number of hydrogen-bond acceptors (Lipinski definition) is 2. The minimum Gasteiger partial charge on any atom is -0.445 e. The third-order valence-corrected chi connectivity index (χ3v) is 2.48. The van der Waals surface area contributed by atoms with Gasteiger partial charge in [0.25, 0.3) is 0 Å². The maximum Gasteiger partial charge on any atom is 1.00 e. The molecule has 0 N–H and O–H groups in total. The number of nitrogens with zero attached hydrogens (tertiary/aromatic N) is 1. The summed E-state index contributed by atoms with van der Waals surface area (Å²) in [6.07, 6.45) is 1.22. The van der Waals surface area contributed by atoms with Crippen LogP contribution in [-0.2, 0) is 4.74 Å². The van der Waals surface area contributed by atoms with E-state index in [-0.39, 0.29) is 63.8 Å². The molecule has 3 nitrogen and oxygen atoms in total. The number of likely N-dealkylation sites (tertiary alicyclic amines) is 1. The molecule has 0 aromatic heterocycles. The second-order valence-corrected chi connectivity index (χ2v) is 5.49. The number of carbonyl (C=O) groups is 1. The van der Waals surface area contributed by atoms with E-state index < -0.39 is 18.7 Å². The van der Waals surface area contributed by atoms with Gasteiger partial charge in [-0.3, -0.25) is 0 Å². The second kappa shape index (κ2) is 7.49. The molecule has 1 atom stereocenters. The Morgan fingerprint density at radius 1 is 1.37 bits per heavy atom. The van der Waals surface area contributed by atoms with E-state index in [1.807, 2.05) is 0 Å². The molecule has 8 heteroatoms. The quantitative estimate of drug-likeness (QED) is 0.682. The molecule has 0 bridgehead atoms. The van der Waals surface area contributed by atoms with Crippen LogP contribution in [0.5, 0.6) is 0 Å². The zero-order valence-corrected chi connectivity index (χ0v) is 15.0. The number of halogens is 3. The molecule has 0 spiro atoms. The fourth-order valence-corrected chi connectivity index (χ4v) is 1.72. The average molecular weight is 303 g/mol. The number of hydrogen-bond donors (Lipinski definition) is 0. The van der Waals surface area contributed by atoms with Gasteiger partial charge >= 0.3 is 64.5 Å². The summed E-state index contributed by atoms with van der Waals surface area (Å²) in [5.74, 6) is 0.0597. The Bertz CT molecular complexity index is 342. The first-order chi connectivity index (χ1) is 8.07. The normalized spacial score (nSPS) is 20.5. The van der Waals surface area contributed by atoms with Crippen molar-refractivity contribution in [3.05, 3.63) is 12.1 Å². The van der Waals surface area contributed by atoms with Crippen molar-refractivity contribution in [2.24, 2.45) is 5.92 Å². The van der Waals surface area contributed by atoms with Gasteiger partial charge in [0.05, 0.1) is 0 Å². The Morgan fingerprint density at radius 2 is 1.95 bits per heavy atom. The second-order valence-electron chi connectivity index (χ2n) is 5.49. The third-order valence-electron chi connectivity index (χ3n) is 2.48. The van der Waals surface area contributed by atoms with Crippen molar-refractivity contribution >= 4 is 13.1 Å². The molecule has 19 heavy (non-hydrogen) atoms. The zero-order valence-electron chi connectivity index (χ0n) is 11.8. The first-order valence-electron chi connectivity index (χ1n) is 5.94. The summed E-state index contributed by atoms with van der Waals surface area (Å²) in [6.45, 7) is 1.10. The van der Waals surface area contributed by atoms with E-state index in [9.17, 15) is 17.7 Å². The minimum absolute atomic E-state index is 0. The molecule has 1 aliphatic rings. The van der Waals surface area contributed by atoms with E-state index in [1.165, 1.54) is 4.90 Å². The molecule has 0 aliphatic carbocycles. The topological polar surface area (TPSA) is 29.5 Å². The zero-order chi connectivity index (χ0) is 14.0. The molecule has 0 aromatic rings. The standard InChI is InChI=1S/C11H18BF3NO2.K/c1-11(2,3)18-10(17)16-7-5-9(8-16)4-6-12(13,14)15;/h4,6,9H,5,7-8H2,1-3H3;/q-1;+1/b6-4+;. The molecule has 1 amide bonds. The van der Waals surface area contributed by atoms with Crippen molar-refractivity contribution in [1.82, 2.24) is 4.90 Å². The predicted octanol–water partition coefficient (Wildman–Crippen LogP) is 0.190. The van der Waals surface area contributed by atoms with Crippen molar-refractivity contribution in [3.63, 3.8) is 0 Å². The van der Waals surface area contributed by atoms with Gasteiger partial charge in [-0.1, -0.05) is 0 Å². The van der Waals surface area contributed by atoms with Crippen LogP contribution in [0.1, 0.15) is 27.2 Å². The van der Waals surface area contributed by atoms with Crippen LogP contribution in [0.4, 0.5) is 17.7 Å². The average Bonchev–Trinajstić information content (AvgIpc) is 2.58.